The standard InChI is InChI=1S/C10H12/c1-8-5-4-6-9(2)10(3)7-8/h4-5,7H,1-3H3. The van der Waals surface area contributed by atoms with Gasteiger partial charge in [-0.05, 0) is 38.0 Å². The minimum absolute atomic E-state index is 1.23. The Morgan fingerprint density at radius 1 is 1.20 bits per heavy atom. The summed E-state index contributed by atoms with van der Waals surface area (Å²) in [5.41, 5.74) is 7.00. The van der Waals surface area contributed by atoms with Crippen LogP contribution in [0.1, 0.15) is 20.8 Å². The molecule has 0 bridgehead atoms. The van der Waals surface area contributed by atoms with Crippen LogP contribution < -0.4 is 0 Å². The molecule has 1 aliphatic carbocycles. The molecule has 0 unspecified atom stereocenters. The normalized spacial score (nSPS) is 17.3. The average molecular weight is 132 g/mol. The second kappa shape index (κ2) is 2.72. The Bertz CT molecular complexity index is 256. The fraction of sp³-hybridized carbons (Fsp3) is 0.300. The van der Waals surface area contributed by atoms with E-state index >= 15 is 0 Å². The van der Waals surface area contributed by atoms with E-state index < -0.39 is 0 Å². The molecule has 10 heavy (non-hydrogen) atoms. The van der Waals surface area contributed by atoms with Gasteiger partial charge in [0.05, 0.1) is 0 Å². The summed E-state index contributed by atoms with van der Waals surface area (Å²) in [6.07, 6.45) is 6.21. The molecule has 0 aromatic heterocycles. The molecule has 1 aliphatic rings. The van der Waals surface area contributed by atoms with E-state index in [0.717, 1.165) is 0 Å². The van der Waals surface area contributed by atoms with E-state index in [0.29, 0.717) is 0 Å². The van der Waals surface area contributed by atoms with Gasteiger partial charge in [0.25, 0.3) is 0 Å². The van der Waals surface area contributed by atoms with Crippen LogP contribution in [0.15, 0.2) is 40.7 Å². The summed E-state index contributed by atoms with van der Waals surface area (Å²) in [7, 11) is 0. The van der Waals surface area contributed by atoms with Crippen molar-refractivity contribution in [3.8, 4) is 0 Å². The molecule has 0 heterocycles. The van der Waals surface area contributed by atoms with Gasteiger partial charge < -0.3 is 0 Å². The molecule has 0 fully saturated rings. The first-order valence-electron chi connectivity index (χ1n) is 3.49. The van der Waals surface area contributed by atoms with Crippen LogP contribution in [-0.4, -0.2) is 0 Å². The smallest absolute Gasteiger partial charge is 0.00621 e. The highest BCUT2D eigenvalue weighted by molar-refractivity contribution is 5.38. The van der Waals surface area contributed by atoms with Crippen LogP contribution in [0.2, 0.25) is 0 Å². The summed E-state index contributed by atoms with van der Waals surface area (Å²) in [6, 6.07) is 0. The number of allylic oxidation sites excluding steroid dienone is 5. The fourth-order valence-corrected chi connectivity index (χ4v) is 0.910. The Morgan fingerprint density at radius 2 is 1.90 bits per heavy atom. The molecule has 0 aliphatic heterocycles. The molecule has 0 aromatic rings. The van der Waals surface area contributed by atoms with Gasteiger partial charge in [-0.2, -0.15) is 0 Å². The van der Waals surface area contributed by atoms with Crippen molar-refractivity contribution in [1.29, 1.82) is 0 Å². The van der Waals surface area contributed by atoms with E-state index in [2.05, 4.69) is 38.7 Å². The van der Waals surface area contributed by atoms with Crippen molar-refractivity contribution in [2.75, 3.05) is 0 Å². The quantitative estimate of drug-likeness (QED) is 0.444. The lowest BCUT2D eigenvalue weighted by Crippen LogP contribution is -1.75. The van der Waals surface area contributed by atoms with Crippen molar-refractivity contribution in [3.63, 3.8) is 0 Å². The summed E-state index contributed by atoms with van der Waals surface area (Å²) in [5, 5.41) is 0. The van der Waals surface area contributed by atoms with Gasteiger partial charge >= 0.3 is 0 Å². The van der Waals surface area contributed by atoms with Gasteiger partial charge in [0.2, 0.25) is 0 Å². The molecular formula is C10H12. The highest BCUT2D eigenvalue weighted by Gasteiger charge is 1.93. The molecule has 0 atom stereocenters. The Balaban J connectivity index is 3.10. The zero-order valence-corrected chi connectivity index (χ0v) is 6.73. The summed E-state index contributed by atoms with van der Waals surface area (Å²) in [4.78, 5) is 0. The predicted molar refractivity (Wildman–Crippen MR) is 44.8 cm³/mol. The Morgan fingerprint density at radius 3 is 2.60 bits per heavy atom. The summed E-state index contributed by atoms with van der Waals surface area (Å²) in [5.74, 6) is 0. The number of hydrogen-bond acceptors (Lipinski definition) is 0. The van der Waals surface area contributed by atoms with Crippen molar-refractivity contribution in [2.45, 2.75) is 20.8 Å². The molecule has 0 N–H and O–H groups in total. The first-order chi connectivity index (χ1) is 4.70. The highest BCUT2D eigenvalue weighted by Crippen LogP contribution is 2.12. The third kappa shape index (κ3) is 1.49. The Labute approximate surface area is 62.3 Å². The van der Waals surface area contributed by atoms with Crippen LogP contribution in [0.25, 0.3) is 0 Å². The van der Waals surface area contributed by atoms with Gasteiger partial charge in [-0.15, -0.1) is 5.73 Å². The molecule has 1 rings (SSSR count). The fourth-order valence-electron chi connectivity index (χ4n) is 0.910. The monoisotopic (exact) mass is 132 g/mol. The summed E-state index contributed by atoms with van der Waals surface area (Å²) in [6.45, 7) is 6.29. The number of rotatable bonds is 0. The SMILES string of the molecule is CC1=C=CC=C(C)C=C1C. The van der Waals surface area contributed by atoms with Crippen LogP contribution in [-0.2, 0) is 0 Å². The van der Waals surface area contributed by atoms with Gasteiger partial charge in [0, 0.05) is 0 Å². The molecule has 0 saturated carbocycles. The number of hydrogen-bond donors (Lipinski definition) is 0. The van der Waals surface area contributed by atoms with E-state index in [1.54, 1.807) is 0 Å². The molecule has 0 aromatic carbocycles. The van der Waals surface area contributed by atoms with E-state index in [1.807, 2.05) is 6.08 Å². The Kier molecular flexibility index (Phi) is 1.94. The van der Waals surface area contributed by atoms with Crippen LogP contribution in [0.5, 0.6) is 0 Å². The van der Waals surface area contributed by atoms with E-state index in [4.69, 9.17) is 0 Å². The van der Waals surface area contributed by atoms with Crippen molar-refractivity contribution in [3.05, 3.63) is 40.7 Å². The van der Waals surface area contributed by atoms with Crippen molar-refractivity contribution in [1.82, 2.24) is 0 Å². The zero-order valence-electron chi connectivity index (χ0n) is 6.73. The van der Waals surface area contributed by atoms with Crippen LogP contribution in [0, 0.1) is 0 Å². The van der Waals surface area contributed by atoms with Gasteiger partial charge in [0.1, 0.15) is 0 Å². The zero-order chi connectivity index (χ0) is 7.56. The van der Waals surface area contributed by atoms with Gasteiger partial charge in [-0.3, -0.25) is 0 Å². The third-order valence-corrected chi connectivity index (χ3v) is 1.68. The van der Waals surface area contributed by atoms with Crippen molar-refractivity contribution < 1.29 is 0 Å². The first kappa shape index (κ1) is 7.11. The van der Waals surface area contributed by atoms with E-state index in [9.17, 15) is 0 Å². The molecule has 0 radical (unpaired) electrons. The Hall–Kier alpha value is -1.00. The largest absolute Gasteiger partial charge is 0.117 e. The predicted octanol–water partition coefficient (Wildman–Crippen LogP) is 2.99. The molecule has 0 amide bonds. The lowest BCUT2D eigenvalue weighted by Gasteiger charge is -1.94. The minimum Gasteiger partial charge on any atom is -0.117 e. The van der Waals surface area contributed by atoms with Crippen molar-refractivity contribution in [2.24, 2.45) is 0 Å². The summed E-state index contributed by atoms with van der Waals surface area (Å²) >= 11 is 0. The maximum absolute atomic E-state index is 3.17. The summed E-state index contributed by atoms with van der Waals surface area (Å²) < 4.78 is 0. The molecule has 0 nitrogen and oxygen atoms in total. The molecule has 0 spiro atoms. The van der Waals surface area contributed by atoms with Crippen LogP contribution in [0.4, 0.5) is 0 Å². The first-order valence-corrected chi connectivity index (χ1v) is 3.49. The van der Waals surface area contributed by atoms with Gasteiger partial charge in [0.15, 0.2) is 0 Å². The second-order valence-corrected chi connectivity index (χ2v) is 2.67. The van der Waals surface area contributed by atoms with Crippen LogP contribution in [0.3, 0.4) is 0 Å². The average Bonchev–Trinajstić information content (AvgIpc) is 1.96. The highest BCUT2D eigenvalue weighted by atomic mass is 14.0. The van der Waals surface area contributed by atoms with Gasteiger partial charge in [-0.25, -0.2) is 0 Å². The van der Waals surface area contributed by atoms with E-state index in [-0.39, 0.29) is 0 Å². The lowest BCUT2D eigenvalue weighted by atomic mass is 10.1. The third-order valence-electron chi connectivity index (χ3n) is 1.68. The van der Waals surface area contributed by atoms with Crippen molar-refractivity contribution >= 4 is 0 Å². The molecular weight excluding hydrogens is 120 g/mol. The second-order valence-electron chi connectivity index (χ2n) is 2.67. The molecule has 52 valence electrons. The molecule has 0 saturated heterocycles. The topological polar surface area (TPSA) is 0 Å². The van der Waals surface area contributed by atoms with Gasteiger partial charge in [-0.1, -0.05) is 17.7 Å². The minimum atomic E-state index is 1.23. The van der Waals surface area contributed by atoms with E-state index in [1.165, 1.54) is 16.7 Å². The van der Waals surface area contributed by atoms with Crippen LogP contribution >= 0.6 is 0 Å². The molecule has 0 heteroatoms. The lowest BCUT2D eigenvalue weighted by molar-refractivity contribution is 1.34. The maximum atomic E-state index is 3.17. The maximum Gasteiger partial charge on any atom is -0.00621 e.